The maximum atomic E-state index is 13.8. The molecule has 0 bridgehead atoms. The van der Waals surface area contributed by atoms with Crippen molar-refractivity contribution in [3.63, 3.8) is 0 Å². The van der Waals surface area contributed by atoms with Gasteiger partial charge in [0.2, 0.25) is 0 Å². The van der Waals surface area contributed by atoms with Crippen molar-refractivity contribution in [3.05, 3.63) is 203 Å². The second-order valence-corrected chi connectivity index (χ2v) is 16.5. The normalized spacial score (nSPS) is 11.0. The van der Waals surface area contributed by atoms with E-state index in [1.807, 2.05) is 118 Å². The van der Waals surface area contributed by atoms with E-state index < -0.39 is 24.3 Å². The van der Waals surface area contributed by atoms with Crippen LogP contribution in [0.4, 0.5) is 35.1 Å². The van der Waals surface area contributed by atoms with Gasteiger partial charge in [-0.05, 0) is 82.9 Å². The Morgan fingerprint density at radius 1 is 0.526 bits per heavy atom. The van der Waals surface area contributed by atoms with E-state index in [2.05, 4.69) is 10.6 Å². The first kappa shape index (κ1) is 57.4. The maximum Gasteiger partial charge on any atom is 0.430 e. The second-order valence-electron chi connectivity index (χ2n) is 16.5. The first-order valence-electron chi connectivity index (χ1n) is 22.2. The van der Waals surface area contributed by atoms with Gasteiger partial charge in [0.25, 0.3) is 11.8 Å². The lowest BCUT2D eigenvalue weighted by Gasteiger charge is -2.12. The van der Waals surface area contributed by atoms with Gasteiger partial charge in [0.15, 0.2) is 24.8 Å². The highest BCUT2D eigenvalue weighted by atomic mass is 19.4. The fourth-order valence-electron chi connectivity index (χ4n) is 7.09. The lowest BCUT2D eigenvalue weighted by molar-refractivity contribution is -0.671. The van der Waals surface area contributed by atoms with E-state index in [-0.39, 0.29) is 35.1 Å². The highest BCUT2D eigenvalue weighted by Gasteiger charge is 2.29. The molecule has 396 valence electrons. The Balaban J connectivity index is 0.000000225. The molecule has 4 aromatic heterocycles. The predicted octanol–water partition coefficient (Wildman–Crippen LogP) is 4.33. The monoisotopic (exact) mass is 1060 g/mol. The molecule has 16 nitrogen and oxygen atoms in total. The Kier molecular flexibility index (Phi) is 18.9. The van der Waals surface area contributed by atoms with E-state index in [1.54, 1.807) is 36.4 Å². The fraction of sp³-hybridized carbons (Fsp3) is 0.154. The number of nitrogens with two attached hydrogens (primary N) is 2. The summed E-state index contributed by atoms with van der Waals surface area (Å²) in [6.07, 6.45) is -2.71. The number of amidine groups is 2. The number of halogens is 8. The van der Waals surface area contributed by atoms with Crippen LogP contribution in [-0.2, 0) is 49.9 Å². The number of hydrogen-bond acceptors (Lipinski definition) is 8. The van der Waals surface area contributed by atoms with E-state index in [4.69, 9.17) is 42.1 Å². The molecule has 4 aromatic carbocycles. The molecule has 0 atom stereocenters. The van der Waals surface area contributed by atoms with Crippen molar-refractivity contribution in [3.8, 4) is 0 Å². The van der Waals surface area contributed by atoms with Crippen LogP contribution in [0.1, 0.15) is 54.4 Å². The number of alkyl halides is 6. The van der Waals surface area contributed by atoms with Crippen LogP contribution in [0, 0.1) is 22.5 Å². The van der Waals surface area contributed by atoms with Gasteiger partial charge in [0.05, 0.1) is 0 Å². The quantitative estimate of drug-likeness (QED) is 0.0443. The lowest BCUT2D eigenvalue weighted by atomic mass is 10.1. The minimum absolute atomic E-state index is 0.0180. The summed E-state index contributed by atoms with van der Waals surface area (Å²) in [6.45, 7) is 1.55. The van der Waals surface area contributed by atoms with E-state index in [0.29, 0.717) is 59.5 Å². The number of aliphatic carboxylic acids is 2. The van der Waals surface area contributed by atoms with Crippen LogP contribution < -0.4 is 41.4 Å². The van der Waals surface area contributed by atoms with Crippen molar-refractivity contribution in [2.24, 2.45) is 25.6 Å². The molecule has 0 aliphatic heterocycles. The zero-order valence-corrected chi connectivity index (χ0v) is 40.1. The molecule has 0 aliphatic carbocycles. The molecule has 8 rings (SSSR count). The molecule has 24 heteroatoms. The summed E-state index contributed by atoms with van der Waals surface area (Å²) >= 11 is 0. The molecule has 0 fully saturated rings. The fourth-order valence-corrected chi connectivity index (χ4v) is 7.09. The largest absolute Gasteiger partial charge is 0.542 e. The number of carboxylic acids is 2. The van der Waals surface area contributed by atoms with Crippen molar-refractivity contribution >= 4 is 57.2 Å². The molecule has 0 aliphatic rings. The highest BCUT2D eigenvalue weighted by Crippen LogP contribution is 2.25. The molecule has 0 saturated carbocycles. The third kappa shape index (κ3) is 16.3. The van der Waals surface area contributed by atoms with Gasteiger partial charge in [0.1, 0.15) is 60.7 Å². The van der Waals surface area contributed by atoms with Crippen LogP contribution in [0.25, 0.3) is 21.8 Å². The predicted molar refractivity (Wildman–Crippen MR) is 257 cm³/mol. The zero-order valence-electron chi connectivity index (χ0n) is 40.1. The third-order valence-corrected chi connectivity index (χ3v) is 10.8. The molecular formula is C52H46F8N10O6. The minimum Gasteiger partial charge on any atom is -0.542 e. The van der Waals surface area contributed by atoms with E-state index in [1.165, 1.54) is 24.3 Å². The number of rotatable bonds is 12. The van der Waals surface area contributed by atoms with Crippen molar-refractivity contribution in [1.82, 2.24) is 19.8 Å². The molecule has 0 unspecified atom stereocenters. The lowest BCUT2D eigenvalue weighted by Crippen LogP contribution is -2.37. The van der Waals surface area contributed by atoms with Crippen LogP contribution in [0.5, 0.6) is 0 Å². The van der Waals surface area contributed by atoms with Gasteiger partial charge in [-0.3, -0.25) is 20.4 Å². The van der Waals surface area contributed by atoms with Crippen LogP contribution in [0.3, 0.4) is 0 Å². The van der Waals surface area contributed by atoms with Crippen LogP contribution >= 0.6 is 0 Å². The molecule has 4 heterocycles. The number of pyridine rings is 2. The van der Waals surface area contributed by atoms with Crippen molar-refractivity contribution in [1.29, 1.82) is 10.8 Å². The average Bonchev–Trinajstić information content (AvgIpc) is 3.90. The Morgan fingerprint density at radius 2 is 0.855 bits per heavy atom. The van der Waals surface area contributed by atoms with Gasteiger partial charge >= 0.3 is 12.4 Å². The number of fused-ring (bicyclic) bond motifs is 2. The first-order valence-corrected chi connectivity index (χ1v) is 22.2. The molecule has 0 spiro atoms. The molecular weight excluding hydrogens is 1010 g/mol. The van der Waals surface area contributed by atoms with Gasteiger partial charge in [-0.2, -0.15) is 26.3 Å². The van der Waals surface area contributed by atoms with E-state index in [9.17, 15) is 44.7 Å². The average molecular weight is 1060 g/mol. The molecule has 76 heavy (non-hydrogen) atoms. The van der Waals surface area contributed by atoms with Gasteiger partial charge in [-0.15, -0.1) is 0 Å². The zero-order chi connectivity index (χ0) is 56.1. The van der Waals surface area contributed by atoms with Crippen molar-refractivity contribution in [2.45, 2.75) is 38.5 Å². The number of carbonyl (C=O) groups is 4. The summed E-state index contributed by atoms with van der Waals surface area (Å²) in [6, 6.07) is 34.8. The Labute approximate surface area is 427 Å². The number of carbonyl (C=O) groups excluding carboxylic acids is 4. The molecule has 0 saturated heterocycles. The first-order chi connectivity index (χ1) is 35.7. The number of carboxylic acid groups (broad SMARTS) is 2. The molecule has 0 radical (unpaired) electrons. The van der Waals surface area contributed by atoms with E-state index >= 15 is 0 Å². The number of aromatic nitrogens is 4. The highest BCUT2D eigenvalue weighted by molar-refractivity contribution is 6.00. The Morgan fingerprint density at radius 3 is 1.16 bits per heavy atom. The smallest absolute Gasteiger partial charge is 0.430 e. The maximum absolute atomic E-state index is 13.8. The number of benzene rings is 4. The summed E-state index contributed by atoms with van der Waals surface area (Å²) in [5.74, 6) is -7.24. The summed E-state index contributed by atoms with van der Waals surface area (Å²) in [4.78, 5) is 43.7. The minimum atomic E-state index is -5.19. The number of amides is 2. The third-order valence-electron chi connectivity index (χ3n) is 10.8. The summed E-state index contributed by atoms with van der Waals surface area (Å²) in [5.41, 5.74) is 18.6. The van der Waals surface area contributed by atoms with Gasteiger partial charge < -0.3 is 51.0 Å². The second kappa shape index (κ2) is 25.0. The summed E-state index contributed by atoms with van der Waals surface area (Å²) in [5, 5.41) is 40.1. The Bertz CT molecular complexity index is 3190. The van der Waals surface area contributed by atoms with Crippen LogP contribution in [0.2, 0.25) is 0 Å². The van der Waals surface area contributed by atoms with Gasteiger partial charge in [0, 0.05) is 83.4 Å². The summed E-state index contributed by atoms with van der Waals surface area (Å²) < 4.78 is 98.3. The van der Waals surface area contributed by atoms with Gasteiger partial charge in [-0.25, -0.2) is 17.9 Å². The molecule has 2 amide bonds. The SMILES string of the molecule is C[n+]1ccc(CNC(=O)c2cc3cc(F)ccc3n2Cc2cccc(C(=N)N)c2)cc1.C[n+]1ccc(CNC(=O)c2cc3cc(F)ccc3n2Cc2cccc(C(=N)N)c2)cc1.O=C([O-])C(F)(F)F.O=C([O-])C(F)(F)F. The van der Waals surface area contributed by atoms with Gasteiger partial charge in [-0.1, -0.05) is 36.4 Å². The molecule has 8 aromatic rings. The number of aryl methyl sites for hydroxylation is 2. The number of nitrogens with one attached hydrogen (secondary N) is 4. The number of nitrogens with zero attached hydrogens (tertiary/aromatic N) is 4. The topological polar surface area (TPSA) is 256 Å². The Hall–Kier alpha value is -9.48. The van der Waals surface area contributed by atoms with Crippen LogP contribution in [0.15, 0.2) is 146 Å². The number of hydrogen-bond donors (Lipinski definition) is 6. The van der Waals surface area contributed by atoms with Crippen molar-refractivity contribution in [2.75, 3.05) is 0 Å². The van der Waals surface area contributed by atoms with E-state index in [0.717, 1.165) is 33.3 Å². The molecule has 8 N–H and O–H groups in total. The van der Waals surface area contributed by atoms with Crippen molar-refractivity contribution < 1.29 is 73.6 Å². The number of nitrogen functional groups attached to an aromatic ring is 2. The van der Waals surface area contributed by atoms with Crippen LogP contribution in [-0.4, -0.2) is 56.9 Å². The standard InChI is InChI=1S/2C24H22FN5O.2C2HF3O2/c2*1-29-9-7-16(8-10-29)14-28-24(31)22-13-19-12-20(25)5-6-21(19)30(22)15-17-3-2-4-18(11-17)23(26)27;2*3-2(4,5)1(6)7/h2*2-13H,14-15H2,1H3,(H3-,26,27,28,31);2*(H,6,7). The summed E-state index contributed by atoms with van der Waals surface area (Å²) in [7, 11) is 3.86.